The number of fused-ring (bicyclic) bond motifs is 1. The number of carbonyl (C=O) groups excluding carboxylic acids is 1. The number of aromatic nitrogens is 2. The van der Waals surface area contributed by atoms with E-state index in [-0.39, 0.29) is 5.91 Å². The second-order valence-corrected chi connectivity index (χ2v) is 6.90. The second-order valence-electron chi connectivity index (χ2n) is 5.91. The average molecular weight is 318 g/mol. The number of nitrogens with one attached hydrogen (secondary N) is 2. The summed E-state index contributed by atoms with van der Waals surface area (Å²) in [4.78, 5) is 22.0. The molecule has 1 atom stereocenters. The first-order valence-electron chi connectivity index (χ1n) is 7.67. The Balaban J connectivity index is 1.38. The summed E-state index contributed by atoms with van der Waals surface area (Å²) in [5, 5.41) is 3.04. The maximum Gasteiger partial charge on any atom is 0.230 e. The maximum atomic E-state index is 11.9. The molecule has 2 heterocycles. The van der Waals surface area contributed by atoms with E-state index in [1.165, 1.54) is 6.42 Å². The van der Waals surface area contributed by atoms with Gasteiger partial charge in [0.2, 0.25) is 5.91 Å². The Labute approximate surface area is 134 Å². The van der Waals surface area contributed by atoms with Gasteiger partial charge in [-0.05, 0) is 38.1 Å². The van der Waals surface area contributed by atoms with Crippen LogP contribution in [0.1, 0.15) is 12.2 Å². The van der Waals surface area contributed by atoms with Crippen LogP contribution in [0.15, 0.2) is 24.3 Å². The number of hydrogen-bond donors (Lipinski definition) is 2. The summed E-state index contributed by atoms with van der Waals surface area (Å²) < 4.78 is 0. The van der Waals surface area contributed by atoms with Crippen LogP contribution in [0.3, 0.4) is 0 Å². The molecule has 1 saturated heterocycles. The molecule has 5 nitrogen and oxygen atoms in total. The first-order chi connectivity index (χ1) is 10.7. The van der Waals surface area contributed by atoms with E-state index in [0.717, 1.165) is 42.2 Å². The SMILES string of the molecule is CN1CC[C@@H](CNC(=O)CSCc2nc3ccccc3[nH]2)C1. The molecule has 118 valence electrons. The van der Waals surface area contributed by atoms with Crippen LogP contribution in [0.5, 0.6) is 0 Å². The third-order valence-electron chi connectivity index (χ3n) is 3.99. The van der Waals surface area contributed by atoms with Gasteiger partial charge in [-0.3, -0.25) is 4.79 Å². The number of carbonyl (C=O) groups is 1. The lowest BCUT2D eigenvalue weighted by Gasteiger charge is -2.11. The molecule has 1 aliphatic heterocycles. The minimum Gasteiger partial charge on any atom is -0.355 e. The number of likely N-dealkylation sites (tertiary alicyclic amines) is 1. The summed E-state index contributed by atoms with van der Waals surface area (Å²) >= 11 is 1.60. The molecule has 2 N–H and O–H groups in total. The average Bonchev–Trinajstić information content (AvgIpc) is 3.10. The van der Waals surface area contributed by atoms with Crippen molar-refractivity contribution in [1.82, 2.24) is 20.2 Å². The van der Waals surface area contributed by atoms with Gasteiger partial charge in [0.15, 0.2) is 0 Å². The molecule has 6 heteroatoms. The standard InChI is InChI=1S/C16H22N4OS/c1-20-7-6-12(9-20)8-17-16(21)11-22-10-15-18-13-4-2-3-5-14(13)19-15/h2-5,12H,6-11H2,1H3,(H,17,21)(H,18,19)/t12-/m0/s1. The van der Waals surface area contributed by atoms with Crippen molar-refractivity contribution in [3.63, 3.8) is 0 Å². The molecular weight excluding hydrogens is 296 g/mol. The molecule has 0 radical (unpaired) electrons. The monoisotopic (exact) mass is 318 g/mol. The number of para-hydroxylation sites is 2. The number of amides is 1. The minimum atomic E-state index is 0.121. The number of imidazole rings is 1. The van der Waals surface area contributed by atoms with Crippen LogP contribution in [0, 0.1) is 5.92 Å². The highest BCUT2D eigenvalue weighted by Gasteiger charge is 2.19. The van der Waals surface area contributed by atoms with Crippen molar-refractivity contribution in [3.05, 3.63) is 30.1 Å². The van der Waals surface area contributed by atoms with Crippen LogP contribution in [0.25, 0.3) is 11.0 Å². The predicted molar refractivity (Wildman–Crippen MR) is 90.9 cm³/mol. The largest absolute Gasteiger partial charge is 0.355 e. The van der Waals surface area contributed by atoms with Crippen molar-refractivity contribution in [2.24, 2.45) is 5.92 Å². The fourth-order valence-electron chi connectivity index (χ4n) is 2.82. The summed E-state index contributed by atoms with van der Waals surface area (Å²) in [6.07, 6.45) is 1.18. The highest BCUT2D eigenvalue weighted by atomic mass is 32.2. The highest BCUT2D eigenvalue weighted by molar-refractivity contribution is 7.99. The quantitative estimate of drug-likeness (QED) is 0.853. The van der Waals surface area contributed by atoms with E-state index < -0.39 is 0 Å². The number of benzene rings is 1. The van der Waals surface area contributed by atoms with E-state index in [9.17, 15) is 4.79 Å². The summed E-state index contributed by atoms with van der Waals surface area (Å²) in [5.74, 6) is 2.87. The number of H-pyrrole nitrogens is 1. The lowest BCUT2D eigenvalue weighted by Crippen LogP contribution is -2.31. The van der Waals surface area contributed by atoms with Crippen molar-refractivity contribution in [3.8, 4) is 0 Å². The van der Waals surface area contributed by atoms with Gasteiger partial charge in [0.1, 0.15) is 5.82 Å². The molecule has 0 saturated carbocycles. The van der Waals surface area contributed by atoms with Gasteiger partial charge in [0, 0.05) is 13.1 Å². The van der Waals surface area contributed by atoms with Crippen LogP contribution >= 0.6 is 11.8 Å². The van der Waals surface area contributed by atoms with Crippen molar-refractivity contribution in [2.75, 3.05) is 32.4 Å². The molecule has 0 aliphatic carbocycles. The fourth-order valence-corrected chi connectivity index (χ4v) is 3.54. The molecule has 0 bridgehead atoms. The Hall–Kier alpha value is -1.53. The summed E-state index contributed by atoms with van der Waals surface area (Å²) in [7, 11) is 2.13. The van der Waals surface area contributed by atoms with Gasteiger partial charge in [-0.15, -0.1) is 11.8 Å². The van der Waals surface area contributed by atoms with Gasteiger partial charge in [-0.25, -0.2) is 4.98 Å². The van der Waals surface area contributed by atoms with E-state index in [1.54, 1.807) is 11.8 Å². The molecule has 3 rings (SSSR count). The van der Waals surface area contributed by atoms with Crippen LogP contribution < -0.4 is 5.32 Å². The Kier molecular flexibility index (Phi) is 5.00. The number of nitrogens with zero attached hydrogens (tertiary/aromatic N) is 2. The zero-order valence-electron chi connectivity index (χ0n) is 12.8. The van der Waals surface area contributed by atoms with Crippen LogP contribution in [-0.4, -0.2) is 53.2 Å². The van der Waals surface area contributed by atoms with Gasteiger partial charge >= 0.3 is 0 Å². The molecular formula is C16H22N4OS. The number of aromatic amines is 1. The van der Waals surface area contributed by atoms with Gasteiger partial charge < -0.3 is 15.2 Å². The lowest BCUT2D eigenvalue weighted by molar-refractivity contribution is -0.118. The molecule has 0 unspecified atom stereocenters. The van der Waals surface area contributed by atoms with E-state index in [4.69, 9.17) is 0 Å². The van der Waals surface area contributed by atoms with Crippen molar-refractivity contribution < 1.29 is 4.79 Å². The molecule has 1 aliphatic rings. The lowest BCUT2D eigenvalue weighted by atomic mass is 10.1. The molecule has 1 amide bonds. The fraction of sp³-hybridized carbons (Fsp3) is 0.500. The Morgan fingerprint density at radius 2 is 2.36 bits per heavy atom. The van der Waals surface area contributed by atoms with E-state index in [2.05, 4.69) is 27.2 Å². The summed E-state index contributed by atoms with van der Waals surface area (Å²) in [6, 6.07) is 7.98. The van der Waals surface area contributed by atoms with E-state index in [1.807, 2.05) is 24.3 Å². The molecule has 2 aromatic rings. The van der Waals surface area contributed by atoms with Gasteiger partial charge in [0.05, 0.1) is 22.5 Å². The highest BCUT2D eigenvalue weighted by Crippen LogP contribution is 2.15. The third-order valence-corrected chi connectivity index (χ3v) is 4.93. The maximum absolute atomic E-state index is 11.9. The zero-order chi connectivity index (χ0) is 15.4. The molecule has 1 aromatic carbocycles. The first kappa shape index (κ1) is 15.4. The van der Waals surface area contributed by atoms with Crippen LogP contribution in [0.2, 0.25) is 0 Å². The van der Waals surface area contributed by atoms with Gasteiger partial charge in [-0.2, -0.15) is 0 Å². The Bertz CT molecular complexity index is 609. The normalized spacial score (nSPS) is 18.9. The number of hydrogen-bond acceptors (Lipinski definition) is 4. The van der Waals surface area contributed by atoms with Crippen molar-refractivity contribution >= 4 is 28.7 Å². The molecule has 0 spiro atoms. The van der Waals surface area contributed by atoms with E-state index >= 15 is 0 Å². The van der Waals surface area contributed by atoms with Crippen LogP contribution in [0.4, 0.5) is 0 Å². The third kappa shape index (κ3) is 4.01. The predicted octanol–water partition coefficient (Wildman–Crippen LogP) is 1.86. The summed E-state index contributed by atoms with van der Waals surface area (Å²) in [6.45, 7) is 3.03. The van der Waals surface area contributed by atoms with Gasteiger partial charge in [-0.1, -0.05) is 12.1 Å². The van der Waals surface area contributed by atoms with Gasteiger partial charge in [0.25, 0.3) is 0 Å². The zero-order valence-corrected chi connectivity index (χ0v) is 13.7. The van der Waals surface area contributed by atoms with Crippen LogP contribution in [-0.2, 0) is 10.5 Å². The molecule has 22 heavy (non-hydrogen) atoms. The molecule has 1 fully saturated rings. The van der Waals surface area contributed by atoms with E-state index in [0.29, 0.717) is 11.7 Å². The summed E-state index contributed by atoms with van der Waals surface area (Å²) in [5.41, 5.74) is 2.03. The van der Waals surface area contributed by atoms with Crippen molar-refractivity contribution in [1.29, 1.82) is 0 Å². The topological polar surface area (TPSA) is 61.0 Å². The Morgan fingerprint density at radius 3 is 3.14 bits per heavy atom. The van der Waals surface area contributed by atoms with Crippen molar-refractivity contribution in [2.45, 2.75) is 12.2 Å². The minimum absolute atomic E-state index is 0.121. The first-order valence-corrected chi connectivity index (χ1v) is 8.83. The molecule has 1 aromatic heterocycles. The Morgan fingerprint density at radius 1 is 1.50 bits per heavy atom. The number of thioether (sulfide) groups is 1. The second kappa shape index (κ2) is 7.15. The number of rotatable bonds is 6. The smallest absolute Gasteiger partial charge is 0.230 e.